The summed E-state index contributed by atoms with van der Waals surface area (Å²) in [5.74, 6) is -0.439. The van der Waals surface area contributed by atoms with Crippen LogP contribution in [0.3, 0.4) is 0 Å². The first-order chi connectivity index (χ1) is 13.4. The number of nitrogens with one attached hydrogen (secondary N) is 3. The van der Waals surface area contributed by atoms with Gasteiger partial charge in [0, 0.05) is 29.8 Å². The maximum absolute atomic E-state index is 12.2. The van der Waals surface area contributed by atoms with Crippen LogP contribution in [-0.2, 0) is 11.2 Å². The molecule has 0 saturated heterocycles. The Bertz CT molecular complexity index is 1050. The molecule has 1 aromatic carbocycles. The molecule has 0 saturated carbocycles. The van der Waals surface area contributed by atoms with Crippen molar-refractivity contribution in [1.29, 1.82) is 0 Å². The van der Waals surface area contributed by atoms with E-state index in [0.717, 1.165) is 22.5 Å². The average Bonchev–Trinajstić information content (AvgIpc) is 3.11. The van der Waals surface area contributed by atoms with Crippen LogP contribution in [0, 0.1) is 13.8 Å². The topological polar surface area (TPSA) is 104 Å². The highest BCUT2D eigenvalue weighted by molar-refractivity contribution is 7.14. The standard InChI is InChI=1S/C20H20N4O3S/c1-12-4-3-5-16(13(12)2)23-18(26)9-7-15-11-28-20(22-15)24-19(27)14-6-8-17(25)21-10-14/h3-6,8,10-11H,7,9H2,1-2H3,(H,21,25)(H,23,26)(H,22,24,27). The molecular formula is C20H20N4O3S. The Hall–Kier alpha value is -3.26. The molecule has 7 nitrogen and oxygen atoms in total. The number of H-pyrrole nitrogens is 1. The molecule has 0 atom stereocenters. The molecular weight excluding hydrogens is 376 g/mol. The van der Waals surface area contributed by atoms with E-state index in [1.165, 1.54) is 29.7 Å². The molecule has 2 amide bonds. The zero-order valence-electron chi connectivity index (χ0n) is 15.5. The zero-order valence-corrected chi connectivity index (χ0v) is 16.4. The number of hydrogen-bond donors (Lipinski definition) is 3. The summed E-state index contributed by atoms with van der Waals surface area (Å²) in [4.78, 5) is 42.2. The molecule has 0 radical (unpaired) electrons. The highest BCUT2D eigenvalue weighted by atomic mass is 32.1. The molecule has 2 heterocycles. The van der Waals surface area contributed by atoms with Crippen LogP contribution in [0.4, 0.5) is 10.8 Å². The number of pyridine rings is 1. The van der Waals surface area contributed by atoms with Crippen molar-refractivity contribution in [2.45, 2.75) is 26.7 Å². The first-order valence-electron chi connectivity index (χ1n) is 8.73. The highest BCUT2D eigenvalue weighted by Gasteiger charge is 2.11. The van der Waals surface area contributed by atoms with Gasteiger partial charge in [0.2, 0.25) is 11.5 Å². The number of carbonyl (C=O) groups is 2. The van der Waals surface area contributed by atoms with E-state index < -0.39 is 0 Å². The lowest BCUT2D eigenvalue weighted by atomic mass is 10.1. The van der Waals surface area contributed by atoms with Crippen molar-refractivity contribution in [2.75, 3.05) is 10.6 Å². The largest absolute Gasteiger partial charge is 0.328 e. The first kappa shape index (κ1) is 19.5. The van der Waals surface area contributed by atoms with Gasteiger partial charge in [-0.2, -0.15) is 0 Å². The van der Waals surface area contributed by atoms with Gasteiger partial charge < -0.3 is 10.3 Å². The van der Waals surface area contributed by atoms with Crippen molar-refractivity contribution in [3.8, 4) is 0 Å². The summed E-state index contributed by atoms with van der Waals surface area (Å²) in [6, 6.07) is 8.53. The molecule has 8 heteroatoms. The van der Waals surface area contributed by atoms with E-state index in [1.807, 2.05) is 37.4 Å². The molecule has 2 aromatic heterocycles. The lowest BCUT2D eigenvalue weighted by molar-refractivity contribution is -0.116. The van der Waals surface area contributed by atoms with Crippen LogP contribution in [0.15, 0.2) is 46.7 Å². The Labute approximate surface area is 165 Å². The third-order valence-corrected chi connectivity index (χ3v) is 5.11. The minimum atomic E-state index is -0.357. The van der Waals surface area contributed by atoms with Crippen LogP contribution in [0.1, 0.15) is 33.6 Å². The fourth-order valence-corrected chi connectivity index (χ4v) is 3.28. The smallest absolute Gasteiger partial charge is 0.258 e. The number of hydrogen-bond acceptors (Lipinski definition) is 5. The van der Waals surface area contributed by atoms with Gasteiger partial charge in [-0.1, -0.05) is 12.1 Å². The van der Waals surface area contributed by atoms with Gasteiger partial charge in [0.15, 0.2) is 5.13 Å². The van der Waals surface area contributed by atoms with Gasteiger partial charge >= 0.3 is 0 Å². The monoisotopic (exact) mass is 396 g/mol. The molecule has 3 aromatic rings. The van der Waals surface area contributed by atoms with E-state index in [4.69, 9.17) is 0 Å². The number of thiazole rings is 1. The van der Waals surface area contributed by atoms with E-state index in [9.17, 15) is 14.4 Å². The number of carbonyl (C=O) groups excluding carboxylic acids is 2. The van der Waals surface area contributed by atoms with Gasteiger partial charge in [0.1, 0.15) is 0 Å². The summed E-state index contributed by atoms with van der Waals surface area (Å²) in [6.45, 7) is 3.98. The number of nitrogens with zero attached hydrogens (tertiary/aromatic N) is 1. The van der Waals surface area contributed by atoms with Gasteiger partial charge in [0.05, 0.1) is 11.3 Å². The lowest BCUT2D eigenvalue weighted by Crippen LogP contribution is -2.15. The van der Waals surface area contributed by atoms with Crippen molar-refractivity contribution in [3.05, 3.63) is 74.6 Å². The SMILES string of the molecule is Cc1cccc(NC(=O)CCc2csc(NC(=O)c3ccc(=O)[nH]c3)n2)c1C. The highest BCUT2D eigenvalue weighted by Crippen LogP contribution is 2.20. The quantitative estimate of drug-likeness (QED) is 0.595. The molecule has 0 fully saturated rings. The van der Waals surface area contributed by atoms with Crippen LogP contribution in [-0.4, -0.2) is 21.8 Å². The van der Waals surface area contributed by atoms with Crippen molar-refractivity contribution in [3.63, 3.8) is 0 Å². The van der Waals surface area contributed by atoms with E-state index >= 15 is 0 Å². The van der Waals surface area contributed by atoms with E-state index in [-0.39, 0.29) is 17.4 Å². The molecule has 3 rings (SSSR count). The minimum absolute atomic E-state index is 0.0828. The van der Waals surface area contributed by atoms with Gasteiger partial charge in [-0.15, -0.1) is 11.3 Å². The molecule has 0 bridgehead atoms. The zero-order chi connectivity index (χ0) is 20.1. The second-order valence-corrected chi connectivity index (χ2v) is 7.19. The third kappa shape index (κ3) is 4.92. The van der Waals surface area contributed by atoms with Gasteiger partial charge in [-0.3, -0.25) is 19.7 Å². The third-order valence-electron chi connectivity index (χ3n) is 4.31. The van der Waals surface area contributed by atoms with Gasteiger partial charge in [0.25, 0.3) is 5.91 Å². The fourth-order valence-electron chi connectivity index (χ4n) is 2.54. The maximum atomic E-state index is 12.2. The Kier molecular flexibility index (Phi) is 6.00. The Morgan fingerprint density at radius 2 is 1.96 bits per heavy atom. The van der Waals surface area contributed by atoms with Crippen LogP contribution < -0.4 is 16.2 Å². The normalized spacial score (nSPS) is 10.5. The summed E-state index contributed by atoms with van der Waals surface area (Å²) in [5, 5.41) is 7.87. The minimum Gasteiger partial charge on any atom is -0.328 e. The molecule has 0 aliphatic carbocycles. The number of anilines is 2. The number of benzene rings is 1. The number of amides is 2. The second-order valence-electron chi connectivity index (χ2n) is 6.34. The van der Waals surface area contributed by atoms with Crippen LogP contribution in [0.5, 0.6) is 0 Å². The molecule has 3 N–H and O–H groups in total. The van der Waals surface area contributed by atoms with E-state index in [0.29, 0.717) is 23.5 Å². The van der Waals surface area contributed by atoms with Crippen LogP contribution in [0.2, 0.25) is 0 Å². The number of rotatable bonds is 6. The second kappa shape index (κ2) is 8.62. The maximum Gasteiger partial charge on any atom is 0.258 e. The summed E-state index contributed by atoms with van der Waals surface area (Å²) < 4.78 is 0. The van der Waals surface area contributed by atoms with E-state index in [1.54, 1.807) is 0 Å². The van der Waals surface area contributed by atoms with E-state index in [2.05, 4.69) is 20.6 Å². The summed E-state index contributed by atoms with van der Waals surface area (Å²) in [5.41, 5.74) is 3.79. The Morgan fingerprint density at radius 3 is 2.71 bits per heavy atom. The summed E-state index contributed by atoms with van der Waals surface area (Å²) in [7, 11) is 0. The summed E-state index contributed by atoms with van der Waals surface area (Å²) >= 11 is 1.29. The number of aryl methyl sites for hydroxylation is 2. The van der Waals surface area contributed by atoms with Gasteiger partial charge in [-0.05, 0) is 43.5 Å². The summed E-state index contributed by atoms with van der Waals surface area (Å²) in [6.07, 6.45) is 2.12. The van der Waals surface area contributed by atoms with Crippen molar-refractivity contribution < 1.29 is 9.59 Å². The Balaban J connectivity index is 1.53. The Morgan fingerprint density at radius 1 is 1.14 bits per heavy atom. The molecule has 144 valence electrons. The molecule has 0 aliphatic rings. The molecule has 0 unspecified atom stereocenters. The lowest BCUT2D eigenvalue weighted by Gasteiger charge is -2.09. The fraction of sp³-hybridized carbons (Fsp3) is 0.200. The predicted octanol–water partition coefficient (Wildman–Crippen LogP) is 3.27. The predicted molar refractivity (Wildman–Crippen MR) is 110 cm³/mol. The van der Waals surface area contributed by atoms with Gasteiger partial charge in [-0.25, -0.2) is 4.98 Å². The first-order valence-corrected chi connectivity index (χ1v) is 9.61. The van der Waals surface area contributed by atoms with Crippen LogP contribution >= 0.6 is 11.3 Å². The molecule has 0 spiro atoms. The van der Waals surface area contributed by atoms with Crippen molar-refractivity contribution >= 4 is 34.0 Å². The molecule has 28 heavy (non-hydrogen) atoms. The number of aromatic amines is 1. The average molecular weight is 396 g/mol. The van der Waals surface area contributed by atoms with Crippen molar-refractivity contribution in [2.24, 2.45) is 0 Å². The van der Waals surface area contributed by atoms with Crippen LogP contribution in [0.25, 0.3) is 0 Å². The number of aromatic nitrogens is 2. The molecule has 0 aliphatic heterocycles. The van der Waals surface area contributed by atoms with Crippen molar-refractivity contribution in [1.82, 2.24) is 9.97 Å².